The van der Waals surface area contributed by atoms with Crippen molar-refractivity contribution in [3.63, 3.8) is 0 Å². The highest BCUT2D eigenvalue weighted by Crippen LogP contribution is 2.05. The highest BCUT2D eigenvalue weighted by atomic mass is 16.2. The van der Waals surface area contributed by atoms with Crippen LogP contribution in [-0.4, -0.2) is 24.4 Å². The molecule has 0 radical (unpaired) electrons. The Bertz CT molecular complexity index is 217. The minimum atomic E-state index is -0.399. The van der Waals surface area contributed by atoms with Gasteiger partial charge in [0.05, 0.1) is 6.04 Å². The van der Waals surface area contributed by atoms with E-state index in [0.717, 1.165) is 0 Å². The predicted molar refractivity (Wildman–Crippen MR) is 59.3 cm³/mol. The van der Waals surface area contributed by atoms with Gasteiger partial charge in [-0.1, -0.05) is 20.8 Å². The summed E-state index contributed by atoms with van der Waals surface area (Å²) in [6.07, 6.45) is 0.662. The van der Waals surface area contributed by atoms with Gasteiger partial charge < -0.3 is 5.32 Å². The van der Waals surface area contributed by atoms with E-state index in [1.165, 1.54) is 6.92 Å². The molecule has 5 nitrogen and oxygen atoms in total. The van der Waals surface area contributed by atoms with Gasteiger partial charge in [-0.15, -0.1) is 0 Å². The summed E-state index contributed by atoms with van der Waals surface area (Å²) in [4.78, 5) is 22.5. The summed E-state index contributed by atoms with van der Waals surface area (Å²) < 4.78 is 0. The van der Waals surface area contributed by atoms with Crippen LogP contribution in [0.4, 0.5) is 4.79 Å². The highest BCUT2D eigenvalue weighted by Gasteiger charge is 2.17. The molecule has 0 heterocycles. The van der Waals surface area contributed by atoms with Crippen LogP contribution >= 0.6 is 0 Å². The second-order valence-electron chi connectivity index (χ2n) is 3.92. The number of carbonyl (C=O) groups excluding carboxylic acids is 2. The fraction of sp³-hybridized carbons (Fsp3) is 0.800. The summed E-state index contributed by atoms with van der Waals surface area (Å²) >= 11 is 0. The third-order valence-corrected chi connectivity index (χ3v) is 1.88. The number of ketones is 1. The van der Waals surface area contributed by atoms with E-state index in [0.29, 0.717) is 18.9 Å². The molecule has 0 aromatic rings. The van der Waals surface area contributed by atoms with E-state index in [4.69, 9.17) is 0 Å². The molecule has 0 aromatic heterocycles. The normalized spacial score (nSPS) is 12.3. The lowest BCUT2D eigenvalue weighted by atomic mass is 10.0. The molecule has 0 unspecified atom stereocenters. The van der Waals surface area contributed by atoms with Crippen LogP contribution in [0.25, 0.3) is 0 Å². The van der Waals surface area contributed by atoms with Crippen LogP contribution in [0.15, 0.2) is 0 Å². The summed E-state index contributed by atoms with van der Waals surface area (Å²) in [5, 5.41) is 2.62. The molecule has 0 saturated carbocycles. The van der Waals surface area contributed by atoms with Crippen LogP contribution in [0, 0.1) is 5.92 Å². The molecule has 0 aliphatic carbocycles. The third-order valence-electron chi connectivity index (χ3n) is 1.88. The number of amides is 2. The van der Waals surface area contributed by atoms with Crippen LogP contribution in [0.2, 0.25) is 0 Å². The van der Waals surface area contributed by atoms with Crippen molar-refractivity contribution in [3.8, 4) is 0 Å². The standard InChI is InChI=1S/C10H21N3O2/c1-5-11-13-10(15)12-9(8(4)14)6-7(2)3/h7,9,11H,5-6H2,1-4H3,(H2,12,13,15)/t9-/m0/s1. The average Bonchev–Trinajstić information content (AvgIpc) is 2.12. The fourth-order valence-electron chi connectivity index (χ4n) is 1.16. The Kier molecular flexibility index (Phi) is 6.70. The van der Waals surface area contributed by atoms with Gasteiger partial charge in [-0.3, -0.25) is 10.2 Å². The Labute approximate surface area is 91.0 Å². The molecule has 0 rings (SSSR count). The number of rotatable bonds is 6. The summed E-state index contributed by atoms with van der Waals surface area (Å²) in [5.74, 6) is 0.355. The minimum absolute atomic E-state index is 0.0182. The maximum absolute atomic E-state index is 11.3. The van der Waals surface area contributed by atoms with Crippen molar-refractivity contribution in [2.75, 3.05) is 6.54 Å². The number of carbonyl (C=O) groups is 2. The van der Waals surface area contributed by atoms with Crippen molar-refractivity contribution >= 4 is 11.8 Å². The zero-order valence-electron chi connectivity index (χ0n) is 9.89. The van der Waals surface area contributed by atoms with E-state index in [2.05, 4.69) is 16.2 Å². The topological polar surface area (TPSA) is 70.2 Å². The summed E-state index contributed by atoms with van der Waals surface area (Å²) in [6, 6.07) is -0.763. The Morgan fingerprint density at radius 1 is 1.27 bits per heavy atom. The van der Waals surface area contributed by atoms with Crippen LogP contribution in [0.1, 0.15) is 34.1 Å². The highest BCUT2D eigenvalue weighted by molar-refractivity contribution is 5.86. The van der Waals surface area contributed by atoms with Crippen LogP contribution in [0.5, 0.6) is 0 Å². The van der Waals surface area contributed by atoms with Gasteiger partial charge in [0, 0.05) is 6.54 Å². The van der Waals surface area contributed by atoms with Crippen LogP contribution < -0.4 is 16.2 Å². The molecule has 15 heavy (non-hydrogen) atoms. The van der Waals surface area contributed by atoms with Gasteiger partial charge in [-0.25, -0.2) is 10.2 Å². The van der Waals surface area contributed by atoms with Gasteiger partial charge in [0.15, 0.2) is 5.78 Å². The van der Waals surface area contributed by atoms with Crippen molar-refractivity contribution in [1.82, 2.24) is 16.2 Å². The second kappa shape index (κ2) is 7.23. The average molecular weight is 215 g/mol. The van der Waals surface area contributed by atoms with Gasteiger partial charge >= 0.3 is 6.03 Å². The monoisotopic (exact) mass is 215 g/mol. The van der Waals surface area contributed by atoms with E-state index in [1.807, 2.05) is 20.8 Å². The summed E-state index contributed by atoms with van der Waals surface area (Å²) in [5.41, 5.74) is 5.11. The maximum atomic E-state index is 11.3. The quantitative estimate of drug-likeness (QED) is 0.574. The van der Waals surface area contributed by atoms with Crippen molar-refractivity contribution in [3.05, 3.63) is 0 Å². The van der Waals surface area contributed by atoms with Gasteiger partial charge in [-0.2, -0.15) is 0 Å². The molecule has 0 saturated heterocycles. The van der Waals surface area contributed by atoms with Crippen LogP contribution in [-0.2, 0) is 4.79 Å². The van der Waals surface area contributed by atoms with Gasteiger partial charge in [0.25, 0.3) is 0 Å². The number of urea groups is 1. The Hall–Kier alpha value is -1.10. The first-order chi connectivity index (χ1) is 6.97. The molecule has 1 atom stereocenters. The molecule has 0 aliphatic heterocycles. The fourth-order valence-corrected chi connectivity index (χ4v) is 1.16. The third kappa shape index (κ3) is 6.90. The Morgan fingerprint density at radius 3 is 2.27 bits per heavy atom. The van der Waals surface area contributed by atoms with Crippen molar-refractivity contribution in [2.24, 2.45) is 5.92 Å². The zero-order chi connectivity index (χ0) is 11.8. The SMILES string of the molecule is CCNNC(=O)N[C@@H](CC(C)C)C(C)=O. The molecule has 0 spiro atoms. The smallest absolute Gasteiger partial charge is 0.327 e. The first-order valence-corrected chi connectivity index (χ1v) is 5.27. The molecule has 2 amide bonds. The first kappa shape index (κ1) is 13.9. The number of hydrazine groups is 1. The summed E-state index contributed by atoms with van der Waals surface area (Å²) in [6.45, 7) is 8.03. The van der Waals surface area contributed by atoms with Crippen LogP contribution in [0.3, 0.4) is 0 Å². The van der Waals surface area contributed by atoms with E-state index in [1.54, 1.807) is 0 Å². The molecular weight excluding hydrogens is 194 g/mol. The summed E-state index contributed by atoms with van der Waals surface area (Å²) in [7, 11) is 0. The van der Waals surface area contributed by atoms with E-state index < -0.39 is 6.04 Å². The minimum Gasteiger partial charge on any atom is -0.327 e. The van der Waals surface area contributed by atoms with Gasteiger partial charge in [-0.05, 0) is 19.3 Å². The molecule has 0 aliphatic rings. The lowest BCUT2D eigenvalue weighted by molar-refractivity contribution is -0.119. The van der Waals surface area contributed by atoms with E-state index in [9.17, 15) is 9.59 Å². The molecule has 88 valence electrons. The number of nitrogens with one attached hydrogen (secondary N) is 3. The van der Waals surface area contributed by atoms with Crippen molar-refractivity contribution < 1.29 is 9.59 Å². The molecule has 0 fully saturated rings. The van der Waals surface area contributed by atoms with E-state index in [-0.39, 0.29) is 11.8 Å². The Morgan fingerprint density at radius 2 is 1.87 bits per heavy atom. The molecular formula is C10H21N3O2. The molecule has 5 heteroatoms. The lowest BCUT2D eigenvalue weighted by Gasteiger charge is -2.18. The lowest BCUT2D eigenvalue weighted by Crippen LogP contribution is -2.50. The number of hydrogen-bond donors (Lipinski definition) is 3. The van der Waals surface area contributed by atoms with Crippen molar-refractivity contribution in [2.45, 2.75) is 40.2 Å². The molecule has 3 N–H and O–H groups in total. The molecule has 0 aromatic carbocycles. The number of Topliss-reactive ketones (excluding diaryl/α,β-unsaturated/α-hetero) is 1. The largest absolute Gasteiger partial charge is 0.329 e. The van der Waals surface area contributed by atoms with Gasteiger partial charge in [0.1, 0.15) is 0 Å². The second-order valence-corrected chi connectivity index (χ2v) is 3.92. The number of hydrogen-bond acceptors (Lipinski definition) is 3. The maximum Gasteiger partial charge on any atom is 0.329 e. The van der Waals surface area contributed by atoms with E-state index >= 15 is 0 Å². The Balaban J connectivity index is 4.05. The zero-order valence-corrected chi connectivity index (χ0v) is 9.89. The van der Waals surface area contributed by atoms with Crippen molar-refractivity contribution in [1.29, 1.82) is 0 Å². The predicted octanol–water partition coefficient (Wildman–Crippen LogP) is 0.814. The van der Waals surface area contributed by atoms with Gasteiger partial charge in [0.2, 0.25) is 0 Å². The first-order valence-electron chi connectivity index (χ1n) is 5.27. The molecule has 0 bridgehead atoms.